The highest BCUT2D eigenvalue weighted by atomic mass is 16.5. The number of aromatic nitrogens is 2. The fourth-order valence-electron chi connectivity index (χ4n) is 2.92. The molecule has 1 amide bonds. The Morgan fingerprint density at radius 1 is 1.23 bits per heavy atom. The van der Waals surface area contributed by atoms with E-state index in [1.165, 1.54) is 5.56 Å². The highest BCUT2D eigenvalue weighted by Gasteiger charge is 2.16. The first kappa shape index (κ1) is 16.1. The van der Waals surface area contributed by atoms with E-state index in [-0.39, 0.29) is 18.0 Å². The number of amidine groups is 1. The van der Waals surface area contributed by atoms with Crippen LogP contribution in [0.3, 0.4) is 0 Å². The summed E-state index contributed by atoms with van der Waals surface area (Å²) in [6.45, 7) is 0.553. The van der Waals surface area contributed by atoms with Crippen LogP contribution in [0.25, 0.3) is 11.0 Å². The van der Waals surface area contributed by atoms with E-state index in [2.05, 4.69) is 20.3 Å². The number of nitrogens with one attached hydrogen (secondary N) is 2. The van der Waals surface area contributed by atoms with Crippen molar-refractivity contribution in [2.75, 3.05) is 11.9 Å². The summed E-state index contributed by atoms with van der Waals surface area (Å²) >= 11 is 0. The van der Waals surface area contributed by atoms with Crippen LogP contribution in [-0.4, -0.2) is 34.5 Å². The molecule has 7 heteroatoms. The van der Waals surface area contributed by atoms with Gasteiger partial charge in [-0.3, -0.25) is 4.79 Å². The highest BCUT2D eigenvalue weighted by Crippen LogP contribution is 2.16. The van der Waals surface area contributed by atoms with Crippen molar-refractivity contribution in [3.8, 4) is 0 Å². The number of rotatable bonds is 5. The Balaban J connectivity index is 1.36. The van der Waals surface area contributed by atoms with Gasteiger partial charge in [-0.25, -0.2) is 9.98 Å². The molecule has 3 aromatic rings. The Hall–Kier alpha value is -3.35. The maximum atomic E-state index is 12.4. The number of hydrogen-bond donors (Lipinski definition) is 3. The van der Waals surface area contributed by atoms with Crippen LogP contribution in [0.5, 0.6) is 0 Å². The van der Waals surface area contributed by atoms with Crippen molar-refractivity contribution in [3.63, 3.8) is 0 Å². The number of nitrogens with two attached hydrogens (primary N) is 1. The van der Waals surface area contributed by atoms with E-state index in [4.69, 9.17) is 10.5 Å². The second kappa shape index (κ2) is 6.87. The number of nitrogens with zero attached hydrogens (tertiary/aromatic N) is 2. The largest absolute Gasteiger partial charge is 0.463 e. The number of H-pyrrole nitrogens is 1. The summed E-state index contributed by atoms with van der Waals surface area (Å²) in [5.74, 6) is 0.0360. The SMILES string of the molecule is NC1=N[C@@H](CCc2ccc(NC(=O)c3nc4ccccc4[nH]3)cc2)CO1. The van der Waals surface area contributed by atoms with Crippen molar-refractivity contribution in [1.82, 2.24) is 9.97 Å². The minimum absolute atomic E-state index is 0.127. The number of aliphatic imine (C=N–C) groups is 1. The van der Waals surface area contributed by atoms with E-state index >= 15 is 0 Å². The van der Waals surface area contributed by atoms with Crippen LogP contribution in [-0.2, 0) is 11.2 Å². The van der Waals surface area contributed by atoms with Gasteiger partial charge in [-0.05, 0) is 42.7 Å². The predicted octanol–water partition coefficient (Wildman–Crippen LogP) is 2.46. The van der Waals surface area contributed by atoms with Crippen molar-refractivity contribution in [2.24, 2.45) is 10.7 Å². The topological polar surface area (TPSA) is 105 Å². The van der Waals surface area contributed by atoms with Gasteiger partial charge in [-0.15, -0.1) is 0 Å². The van der Waals surface area contributed by atoms with E-state index in [9.17, 15) is 4.79 Å². The highest BCUT2D eigenvalue weighted by molar-refractivity contribution is 6.03. The summed E-state index contributed by atoms with van der Waals surface area (Å²) in [6, 6.07) is 15.7. The molecular weight excluding hydrogens is 330 g/mol. The lowest BCUT2D eigenvalue weighted by molar-refractivity contribution is 0.101. The molecule has 132 valence electrons. The number of carbonyl (C=O) groups excluding carboxylic acids is 1. The third-order valence-corrected chi connectivity index (χ3v) is 4.32. The van der Waals surface area contributed by atoms with Gasteiger partial charge < -0.3 is 20.8 Å². The molecule has 2 aromatic carbocycles. The molecule has 0 aliphatic carbocycles. The summed E-state index contributed by atoms with van der Waals surface area (Å²) < 4.78 is 5.15. The Kier molecular flexibility index (Phi) is 4.27. The first-order chi connectivity index (χ1) is 12.7. The maximum absolute atomic E-state index is 12.4. The number of benzene rings is 2. The Labute approximate surface area is 150 Å². The average molecular weight is 349 g/mol. The molecule has 0 fully saturated rings. The average Bonchev–Trinajstić information content (AvgIpc) is 3.27. The minimum atomic E-state index is -0.262. The quantitative estimate of drug-likeness (QED) is 0.658. The van der Waals surface area contributed by atoms with Gasteiger partial charge in [-0.1, -0.05) is 24.3 Å². The van der Waals surface area contributed by atoms with Crippen molar-refractivity contribution < 1.29 is 9.53 Å². The molecule has 1 aliphatic heterocycles. The lowest BCUT2D eigenvalue weighted by atomic mass is 10.1. The van der Waals surface area contributed by atoms with Gasteiger partial charge in [0.15, 0.2) is 5.82 Å². The molecule has 1 aromatic heterocycles. The number of amides is 1. The third kappa shape index (κ3) is 3.51. The van der Waals surface area contributed by atoms with E-state index in [1.54, 1.807) is 0 Å². The van der Waals surface area contributed by atoms with Crippen molar-refractivity contribution in [3.05, 3.63) is 59.9 Å². The van der Waals surface area contributed by atoms with Gasteiger partial charge in [-0.2, -0.15) is 0 Å². The summed E-state index contributed by atoms with van der Waals surface area (Å²) in [6.07, 6.45) is 1.76. The number of carbonyl (C=O) groups is 1. The number of fused-ring (bicyclic) bond motifs is 1. The smallest absolute Gasteiger partial charge is 0.291 e. The number of aromatic amines is 1. The predicted molar refractivity (Wildman–Crippen MR) is 100 cm³/mol. The van der Waals surface area contributed by atoms with E-state index in [0.717, 1.165) is 29.6 Å². The molecule has 1 atom stereocenters. The zero-order valence-corrected chi connectivity index (χ0v) is 14.1. The molecule has 4 N–H and O–H groups in total. The van der Waals surface area contributed by atoms with Crippen LogP contribution in [0.2, 0.25) is 0 Å². The summed E-state index contributed by atoms with van der Waals surface area (Å²) in [5, 5.41) is 2.86. The third-order valence-electron chi connectivity index (χ3n) is 4.32. The van der Waals surface area contributed by atoms with E-state index in [1.807, 2.05) is 48.5 Å². The van der Waals surface area contributed by atoms with Gasteiger partial charge >= 0.3 is 0 Å². The number of aryl methyl sites for hydroxylation is 1. The molecule has 2 heterocycles. The van der Waals surface area contributed by atoms with Crippen LogP contribution in [0.4, 0.5) is 5.69 Å². The maximum Gasteiger partial charge on any atom is 0.291 e. The van der Waals surface area contributed by atoms with Crippen molar-refractivity contribution in [2.45, 2.75) is 18.9 Å². The van der Waals surface area contributed by atoms with Crippen molar-refractivity contribution in [1.29, 1.82) is 0 Å². The zero-order chi connectivity index (χ0) is 17.9. The minimum Gasteiger partial charge on any atom is -0.463 e. The number of ether oxygens (including phenoxy) is 1. The molecule has 0 spiro atoms. The van der Waals surface area contributed by atoms with Crippen LogP contribution >= 0.6 is 0 Å². The molecule has 0 radical (unpaired) electrons. The number of hydrogen-bond acceptors (Lipinski definition) is 5. The summed E-state index contributed by atoms with van der Waals surface area (Å²) in [4.78, 5) is 23.9. The van der Waals surface area contributed by atoms with Crippen LogP contribution in [0.1, 0.15) is 22.6 Å². The van der Waals surface area contributed by atoms with Gasteiger partial charge in [0.25, 0.3) is 11.9 Å². The Bertz CT molecular complexity index is 928. The molecule has 1 aliphatic rings. The van der Waals surface area contributed by atoms with E-state index < -0.39 is 0 Å². The van der Waals surface area contributed by atoms with Gasteiger partial charge in [0.2, 0.25) is 0 Å². The summed E-state index contributed by atoms with van der Waals surface area (Å²) in [5.41, 5.74) is 9.02. The molecule has 0 saturated carbocycles. The normalized spacial score (nSPS) is 16.3. The second-order valence-corrected chi connectivity index (χ2v) is 6.22. The standard InChI is InChI=1S/C19H19N5O2/c20-19-22-14(11-26-19)10-7-12-5-8-13(9-6-12)21-18(25)17-23-15-3-1-2-4-16(15)24-17/h1-6,8-9,14H,7,10-11H2,(H2,20,22)(H,21,25)(H,23,24)/t14-/m0/s1. The van der Waals surface area contributed by atoms with Crippen LogP contribution in [0.15, 0.2) is 53.5 Å². The first-order valence-corrected chi connectivity index (χ1v) is 8.48. The molecule has 0 unspecified atom stereocenters. The summed E-state index contributed by atoms with van der Waals surface area (Å²) in [7, 11) is 0. The lowest BCUT2D eigenvalue weighted by Crippen LogP contribution is -2.13. The number of anilines is 1. The molecule has 26 heavy (non-hydrogen) atoms. The fourth-order valence-corrected chi connectivity index (χ4v) is 2.92. The molecule has 0 saturated heterocycles. The van der Waals surface area contributed by atoms with Gasteiger partial charge in [0, 0.05) is 5.69 Å². The lowest BCUT2D eigenvalue weighted by Gasteiger charge is -2.07. The Morgan fingerprint density at radius 2 is 2.04 bits per heavy atom. The Morgan fingerprint density at radius 3 is 2.77 bits per heavy atom. The van der Waals surface area contributed by atoms with Crippen LogP contribution < -0.4 is 11.1 Å². The zero-order valence-electron chi connectivity index (χ0n) is 14.1. The molecule has 4 rings (SSSR count). The van der Waals surface area contributed by atoms with Crippen LogP contribution in [0, 0.1) is 0 Å². The molecule has 7 nitrogen and oxygen atoms in total. The van der Waals surface area contributed by atoms with Gasteiger partial charge in [0.1, 0.15) is 6.61 Å². The first-order valence-electron chi connectivity index (χ1n) is 8.48. The molecule has 0 bridgehead atoms. The van der Waals surface area contributed by atoms with E-state index in [0.29, 0.717) is 12.4 Å². The molecular formula is C19H19N5O2. The number of para-hydroxylation sites is 2. The van der Waals surface area contributed by atoms with Crippen molar-refractivity contribution >= 4 is 28.6 Å². The second-order valence-electron chi connectivity index (χ2n) is 6.22. The van der Waals surface area contributed by atoms with Gasteiger partial charge in [0.05, 0.1) is 17.1 Å². The monoisotopic (exact) mass is 349 g/mol. The fraction of sp³-hybridized carbons (Fsp3) is 0.211. The number of imidazole rings is 1.